The Morgan fingerprint density at radius 2 is 1.76 bits per heavy atom. The number of nitrogens with one attached hydrogen (secondary N) is 2. The monoisotopic (exact) mass is 581 g/mol. The van der Waals surface area contributed by atoms with Crippen molar-refractivity contribution in [3.05, 3.63) is 65.2 Å². The van der Waals surface area contributed by atoms with E-state index in [2.05, 4.69) is 22.5 Å². The average molecular weight is 582 g/mol. The molecule has 9 heteroatoms. The first-order chi connectivity index (χ1) is 20.4. The van der Waals surface area contributed by atoms with Gasteiger partial charge in [-0.25, -0.2) is 0 Å². The van der Waals surface area contributed by atoms with Gasteiger partial charge < -0.3 is 30.0 Å². The van der Waals surface area contributed by atoms with Crippen molar-refractivity contribution >= 4 is 17.5 Å². The molecule has 230 valence electrons. The molecule has 0 spiro atoms. The van der Waals surface area contributed by atoms with Crippen LogP contribution in [0.25, 0.3) is 0 Å². The second-order valence-corrected chi connectivity index (χ2v) is 11.5. The number of carbonyl (C=O) groups excluding carboxylic acids is 2. The quantitative estimate of drug-likeness (QED) is 0.277. The fourth-order valence-corrected chi connectivity index (χ4v) is 5.87. The minimum absolute atomic E-state index is 0.00700. The summed E-state index contributed by atoms with van der Waals surface area (Å²) in [6.07, 6.45) is 4.48. The number of hydrogen-bond donors (Lipinski definition) is 3. The van der Waals surface area contributed by atoms with Crippen molar-refractivity contribution in [1.29, 1.82) is 0 Å². The van der Waals surface area contributed by atoms with Gasteiger partial charge in [0.05, 0.1) is 25.4 Å². The summed E-state index contributed by atoms with van der Waals surface area (Å²) < 4.78 is 18.7. The molecule has 2 saturated heterocycles. The zero-order chi connectivity index (χ0) is 29.9. The van der Waals surface area contributed by atoms with Crippen molar-refractivity contribution in [3.8, 4) is 0 Å². The number of amides is 2. The Morgan fingerprint density at radius 3 is 2.45 bits per heavy atom. The lowest BCUT2D eigenvalue weighted by atomic mass is 9.90. The van der Waals surface area contributed by atoms with Crippen LogP contribution in [-0.2, 0) is 30.4 Å². The van der Waals surface area contributed by atoms with E-state index in [0.717, 1.165) is 74.2 Å². The molecule has 2 fully saturated rings. The molecule has 2 heterocycles. The third-order valence-corrected chi connectivity index (χ3v) is 8.32. The number of benzene rings is 2. The van der Waals surface area contributed by atoms with E-state index < -0.39 is 6.29 Å². The lowest BCUT2D eigenvalue weighted by Gasteiger charge is -2.43. The summed E-state index contributed by atoms with van der Waals surface area (Å²) in [4.78, 5) is 25.9. The molecular weight excluding hydrogens is 534 g/mol. The van der Waals surface area contributed by atoms with E-state index in [0.29, 0.717) is 19.0 Å². The Labute approximate surface area is 249 Å². The molecule has 2 aromatic carbocycles. The fourth-order valence-electron chi connectivity index (χ4n) is 5.87. The Morgan fingerprint density at radius 1 is 1.02 bits per heavy atom. The van der Waals surface area contributed by atoms with Crippen molar-refractivity contribution in [2.75, 3.05) is 38.7 Å². The first-order valence-electron chi connectivity index (χ1n) is 15.3. The van der Waals surface area contributed by atoms with Crippen LogP contribution in [0.5, 0.6) is 0 Å². The van der Waals surface area contributed by atoms with Gasteiger partial charge in [-0.2, -0.15) is 0 Å². The molecule has 0 aliphatic carbocycles. The lowest BCUT2D eigenvalue weighted by molar-refractivity contribution is -0.276. The van der Waals surface area contributed by atoms with Gasteiger partial charge in [-0.3, -0.25) is 14.5 Å². The summed E-state index contributed by atoms with van der Waals surface area (Å²) in [5.74, 6) is 0.0607. The Bertz CT molecular complexity index is 1130. The molecule has 0 bridgehead atoms. The second-order valence-electron chi connectivity index (χ2n) is 11.5. The van der Waals surface area contributed by atoms with Gasteiger partial charge in [-0.1, -0.05) is 49.7 Å². The third kappa shape index (κ3) is 9.09. The number of methoxy groups -OCH3 is 1. The summed E-state index contributed by atoms with van der Waals surface area (Å²) in [5, 5.41) is 15.3. The number of anilines is 1. The molecule has 2 aromatic rings. The highest BCUT2D eigenvalue weighted by Crippen LogP contribution is 2.42. The number of nitrogens with zero attached hydrogens (tertiary/aromatic N) is 1. The maximum absolute atomic E-state index is 12.4. The van der Waals surface area contributed by atoms with Crippen LogP contribution in [0.2, 0.25) is 0 Å². The molecule has 2 aliphatic heterocycles. The number of hydrogen-bond acceptors (Lipinski definition) is 7. The normalized spacial score (nSPS) is 24.4. The van der Waals surface area contributed by atoms with Crippen LogP contribution >= 0.6 is 0 Å². The molecule has 9 nitrogen and oxygen atoms in total. The van der Waals surface area contributed by atoms with Gasteiger partial charge in [0.2, 0.25) is 11.8 Å². The molecule has 0 saturated carbocycles. The van der Waals surface area contributed by atoms with Crippen LogP contribution in [-0.4, -0.2) is 67.3 Å². The average Bonchev–Trinajstić information content (AvgIpc) is 3.43. The summed E-state index contributed by atoms with van der Waals surface area (Å²) in [6, 6.07) is 16.1. The smallest absolute Gasteiger partial charge is 0.224 e. The van der Waals surface area contributed by atoms with Gasteiger partial charge >= 0.3 is 0 Å². The van der Waals surface area contributed by atoms with E-state index in [-0.39, 0.29) is 36.5 Å². The van der Waals surface area contributed by atoms with Gasteiger partial charge in [0.25, 0.3) is 0 Å². The zero-order valence-electron chi connectivity index (χ0n) is 25.2. The lowest BCUT2D eigenvalue weighted by Crippen LogP contribution is -2.46. The molecule has 42 heavy (non-hydrogen) atoms. The summed E-state index contributed by atoms with van der Waals surface area (Å²) in [5.41, 5.74) is 3.57. The number of carbonyl (C=O) groups is 2. The number of aliphatic hydroxyl groups is 1. The van der Waals surface area contributed by atoms with E-state index in [4.69, 9.17) is 14.2 Å². The highest BCUT2D eigenvalue weighted by Gasteiger charge is 2.40. The van der Waals surface area contributed by atoms with E-state index in [1.807, 2.05) is 48.5 Å². The van der Waals surface area contributed by atoms with Crippen LogP contribution in [0.3, 0.4) is 0 Å². The number of rotatable bonds is 14. The number of ether oxygens (including phenoxy) is 3. The van der Waals surface area contributed by atoms with Crippen molar-refractivity contribution in [2.24, 2.45) is 5.92 Å². The molecular formula is C33H47N3O6. The van der Waals surface area contributed by atoms with Crippen LogP contribution in [0, 0.1) is 5.92 Å². The summed E-state index contributed by atoms with van der Waals surface area (Å²) in [6.45, 7) is 6.90. The van der Waals surface area contributed by atoms with Gasteiger partial charge in [-0.15, -0.1) is 0 Å². The SMILES string of the molecule is COCC1CCCN1CC1OC(c2ccc(NC(=O)CCCCCNC(C)=O)cc2)OC(c2ccc(CO)cc2)C1C. The van der Waals surface area contributed by atoms with Gasteiger partial charge in [0.1, 0.15) is 0 Å². The highest BCUT2D eigenvalue weighted by molar-refractivity contribution is 5.90. The van der Waals surface area contributed by atoms with Crippen molar-refractivity contribution in [2.45, 2.75) is 83.5 Å². The van der Waals surface area contributed by atoms with E-state index in [1.165, 1.54) is 6.92 Å². The zero-order valence-corrected chi connectivity index (χ0v) is 25.2. The van der Waals surface area contributed by atoms with Gasteiger partial charge in [0.15, 0.2) is 6.29 Å². The standard InChI is InChI=1S/C33H47N3O6/c1-23-30(20-36-19-7-8-29(36)22-40-3)41-33(42-32(23)26-12-10-25(21-37)11-13-26)27-14-16-28(17-15-27)35-31(39)9-5-4-6-18-34-24(2)38/h10-17,23,29-30,32-33,37H,4-9,18-22H2,1-3H3,(H,34,38)(H,35,39). The molecule has 5 atom stereocenters. The van der Waals surface area contributed by atoms with Crippen LogP contribution < -0.4 is 10.6 Å². The summed E-state index contributed by atoms with van der Waals surface area (Å²) in [7, 11) is 1.76. The van der Waals surface area contributed by atoms with Crippen molar-refractivity contribution in [1.82, 2.24) is 10.2 Å². The molecule has 0 aromatic heterocycles. The highest BCUT2D eigenvalue weighted by atomic mass is 16.7. The molecule has 5 unspecified atom stereocenters. The largest absolute Gasteiger partial charge is 0.392 e. The molecule has 3 N–H and O–H groups in total. The van der Waals surface area contributed by atoms with E-state index in [9.17, 15) is 14.7 Å². The van der Waals surface area contributed by atoms with Gasteiger partial charge in [-0.05, 0) is 55.5 Å². The third-order valence-electron chi connectivity index (χ3n) is 8.32. The minimum atomic E-state index is -0.550. The molecule has 2 aliphatic rings. The van der Waals surface area contributed by atoms with E-state index >= 15 is 0 Å². The summed E-state index contributed by atoms with van der Waals surface area (Å²) >= 11 is 0. The minimum Gasteiger partial charge on any atom is -0.392 e. The molecule has 2 amide bonds. The number of likely N-dealkylation sites (tertiary alicyclic amines) is 1. The molecule has 0 radical (unpaired) electrons. The van der Waals surface area contributed by atoms with Crippen molar-refractivity contribution in [3.63, 3.8) is 0 Å². The van der Waals surface area contributed by atoms with Crippen LogP contribution in [0.15, 0.2) is 48.5 Å². The Kier molecular flexibility index (Phi) is 12.3. The predicted molar refractivity (Wildman–Crippen MR) is 162 cm³/mol. The van der Waals surface area contributed by atoms with Crippen LogP contribution in [0.1, 0.15) is 81.5 Å². The van der Waals surface area contributed by atoms with Crippen LogP contribution in [0.4, 0.5) is 5.69 Å². The Balaban J connectivity index is 1.40. The first-order valence-corrected chi connectivity index (χ1v) is 15.3. The van der Waals surface area contributed by atoms with Gasteiger partial charge in [0, 0.05) is 56.8 Å². The topological polar surface area (TPSA) is 109 Å². The Hall–Kier alpha value is -2.82. The maximum Gasteiger partial charge on any atom is 0.224 e. The van der Waals surface area contributed by atoms with Crippen molar-refractivity contribution < 1.29 is 28.9 Å². The molecule has 4 rings (SSSR count). The predicted octanol–water partition coefficient (Wildman–Crippen LogP) is 4.72. The van der Waals surface area contributed by atoms with E-state index in [1.54, 1.807) is 7.11 Å². The maximum atomic E-state index is 12.4. The number of unbranched alkanes of at least 4 members (excludes halogenated alkanes) is 2. The number of aliphatic hydroxyl groups excluding tert-OH is 1. The first kappa shape index (κ1) is 32.1. The fraction of sp³-hybridized carbons (Fsp3) is 0.576. The second kappa shape index (κ2) is 16.1.